The summed E-state index contributed by atoms with van der Waals surface area (Å²) in [4.78, 5) is 12.3. The fraction of sp³-hybridized carbons (Fsp3) is 0.231. The van der Waals surface area contributed by atoms with Crippen molar-refractivity contribution in [2.45, 2.75) is 25.8 Å². The highest BCUT2D eigenvalue weighted by atomic mass is 15.2. The third-order valence-electron chi connectivity index (χ3n) is 5.93. The standard InChI is InChI=1S/C26H26N4/c27-18-19-9-11-21(12-10-19)25-22(20-7-3-1-4-8-20)17-23-24(29-25)13-14-28-26(23)30-15-5-2-6-16-30/h1,3-4,7-14,17H,2,5-6,15-16,18,27H2. The van der Waals surface area contributed by atoms with Gasteiger partial charge in [0.25, 0.3) is 0 Å². The lowest BCUT2D eigenvalue weighted by Crippen LogP contribution is -2.30. The Hall–Kier alpha value is -3.24. The number of anilines is 1. The number of hydrogen-bond acceptors (Lipinski definition) is 4. The van der Waals surface area contributed by atoms with Crippen molar-refractivity contribution >= 4 is 16.7 Å². The van der Waals surface area contributed by atoms with Crippen molar-refractivity contribution in [2.24, 2.45) is 5.73 Å². The lowest BCUT2D eigenvalue weighted by atomic mass is 9.97. The lowest BCUT2D eigenvalue weighted by Gasteiger charge is -2.28. The molecule has 0 aliphatic carbocycles. The fourth-order valence-electron chi connectivity index (χ4n) is 4.30. The zero-order valence-corrected chi connectivity index (χ0v) is 17.1. The number of benzene rings is 2. The minimum atomic E-state index is 0.543. The lowest BCUT2D eigenvalue weighted by molar-refractivity contribution is 0.575. The summed E-state index contributed by atoms with van der Waals surface area (Å²) in [6.07, 6.45) is 5.64. The first-order chi connectivity index (χ1) is 14.8. The zero-order chi connectivity index (χ0) is 20.3. The summed E-state index contributed by atoms with van der Waals surface area (Å²) in [5.41, 5.74) is 12.3. The summed E-state index contributed by atoms with van der Waals surface area (Å²) >= 11 is 0. The van der Waals surface area contributed by atoms with E-state index in [1.807, 2.05) is 12.3 Å². The van der Waals surface area contributed by atoms with Crippen molar-refractivity contribution in [2.75, 3.05) is 18.0 Å². The normalized spacial score (nSPS) is 14.2. The van der Waals surface area contributed by atoms with Crippen LogP contribution in [0.2, 0.25) is 0 Å². The van der Waals surface area contributed by atoms with Gasteiger partial charge in [0.05, 0.1) is 11.2 Å². The Bertz CT molecular complexity index is 1150. The molecule has 0 atom stereocenters. The average molecular weight is 395 g/mol. The minimum absolute atomic E-state index is 0.543. The Balaban J connectivity index is 1.72. The Morgan fingerprint density at radius 1 is 0.833 bits per heavy atom. The molecule has 4 heteroatoms. The summed E-state index contributed by atoms with van der Waals surface area (Å²) in [5.74, 6) is 1.06. The molecule has 30 heavy (non-hydrogen) atoms. The van der Waals surface area contributed by atoms with Crippen LogP contribution in [-0.2, 0) is 6.54 Å². The van der Waals surface area contributed by atoms with Crippen LogP contribution < -0.4 is 10.6 Å². The van der Waals surface area contributed by atoms with Crippen molar-refractivity contribution in [1.29, 1.82) is 0 Å². The van der Waals surface area contributed by atoms with Crippen LogP contribution in [0.5, 0.6) is 0 Å². The first-order valence-corrected chi connectivity index (χ1v) is 10.7. The van der Waals surface area contributed by atoms with Gasteiger partial charge in [0.1, 0.15) is 5.82 Å². The Morgan fingerprint density at radius 3 is 2.33 bits per heavy atom. The molecule has 2 N–H and O–H groups in total. The maximum atomic E-state index is 5.79. The van der Waals surface area contributed by atoms with Crippen molar-refractivity contribution in [1.82, 2.24) is 9.97 Å². The van der Waals surface area contributed by atoms with E-state index in [0.717, 1.165) is 52.2 Å². The number of piperidine rings is 1. The number of nitrogens with zero attached hydrogens (tertiary/aromatic N) is 3. The predicted molar refractivity (Wildman–Crippen MR) is 124 cm³/mol. The summed E-state index contributed by atoms with van der Waals surface area (Å²) in [7, 11) is 0. The van der Waals surface area contributed by atoms with Crippen LogP contribution in [0.4, 0.5) is 5.82 Å². The second-order valence-corrected chi connectivity index (χ2v) is 7.90. The van der Waals surface area contributed by atoms with E-state index in [1.54, 1.807) is 0 Å². The second kappa shape index (κ2) is 8.25. The van der Waals surface area contributed by atoms with Gasteiger partial charge in [0, 0.05) is 42.3 Å². The molecule has 0 spiro atoms. The van der Waals surface area contributed by atoms with Crippen LogP contribution in [0.15, 0.2) is 72.9 Å². The molecule has 4 nitrogen and oxygen atoms in total. The van der Waals surface area contributed by atoms with E-state index in [0.29, 0.717) is 6.54 Å². The van der Waals surface area contributed by atoms with Crippen molar-refractivity contribution in [3.05, 3.63) is 78.5 Å². The number of fused-ring (bicyclic) bond motifs is 1. The van der Waals surface area contributed by atoms with Gasteiger partial charge in [-0.15, -0.1) is 0 Å². The fourth-order valence-corrected chi connectivity index (χ4v) is 4.30. The van der Waals surface area contributed by atoms with Crippen LogP contribution >= 0.6 is 0 Å². The van der Waals surface area contributed by atoms with Crippen molar-refractivity contribution in [3.63, 3.8) is 0 Å². The van der Waals surface area contributed by atoms with Gasteiger partial charge >= 0.3 is 0 Å². The Labute approximate surface area is 177 Å². The van der Waals surface area contributed by atoms with E-state index in [2.05, 4.69) is 65.6 Å². The quantitative estimate of drug-likeness (QED) is 0.503. The summed E-state index contributed by atoms with van der Waals surface area (Å²) in [6.45, 7) is 2.67. The summed E-state index contributed by atoms with van der Waals surface area (Å²) < 4.78 is 0. The predicted octanol–water partition coefficient (Wildman–Crippen LogP) is 5.41. The van der Waals surface area contributed by atoms with Gasteiger partial charge in [-0.25, -0.2) is 9.97 Å². The number of hydrogen-bond donors (Lipinski definition) is 1. The smallest absolute Gasteiger partial charge is 0.138 e. The summed E-state index contributed by atoms with van der Waals surface area (Å²) in [5, 5.41) is 1.13. The molecule has 2 aromatic carbocycles. The zero-order valence-electron chi connectivity index (χ0n) is 17.1. The van der Waals surface area contributed by atoms with Gasteiger partial charge in [-0.05, 0) is 42.5 Å². The molecule has 2 aromatic heterocycles. The van der Waals surface area contributed by atoms with E-state index in [9.17, 15) is 0 Å². The first-order valence-electron chi connectivity index (χ1n) is 10.7. The van der Waals surface area contributed by atoms with Gasteiger partial charge in [-0.3, -0.25) is 0 Å². The molecular weight excluding hydrogens is 368 g/mol. The van der Waals surface area contributed by atoms with Gasteiger partial charge in [0.15, 0.2) is 0 Å². The molecule has 4 aromatic rings. The molecule has 1 aliphatic rings. The number of aromatic nitrogens is 2. The van der Waals surface area contributed by atoms with Crippen LogP contribution in [-0.4, -0.2) is 23.1 Å². The highest BCUT2D eigenvalue weighted by molar-refractivity contribution is 5.97. The topological polar surface area (TPSA) is 55.0 Å². The molecule has 3 heterocycles. The number of rotatable bonds is 4. The average Bonchev–Trinajstić information content (AvgIpc) is 2.84. The van der Waals surface area contributed by atoms with E-state index in [-0.39, 0.29) is 0 Å². The second-order valence-electron chi connectivity index (χ2n) is 7.90. The van der Waals surface area contributed by atoms with E-state index >= 15 is 0 Å². The van der Waals surface area contributed by atoms with Crippen molar-refractivity contribution < 1.29 is 0 Å². The molecule has 0 saturated carbocycles. The minimum Gasteiger partial charge on any atom is -0.356 e. The van der Waals surface area contributed by atoms with E-state index in [1.165, 1.54) is 24.8 Å². The monoisotopic (exact) mass is 394 g/mol. The molecule has 0 radical (unpaired) electrons. The molecule has 150 valence electrons. The van der Waals surface area contributed by atoms with Gasteiger partial charge in [-0.1, -0.05) is 54.6 Å². The molecule has 5 rings (SSSR count). The molecule has 1 saturated heterocycles. The maximum Gasteiger partial charge on any atom is 0.138 e. The van der Waals surface area contributed by atoms with Crippen LogP contribution in [0.25, 0.3) is 33.3 Å². The van der Waals surface area contributed by atoms with Gasteiger partial charge in [-0.2, -0.15) is 0 Å². The molecule has 0 bridgehead atoms. The van der Waals surface area contributed by atoms with Crippen LogP contribution in [0.1, 0.15) is 24.8 Å². The maximum absolute atomic E-state index is 5.79. The van der Waals surface area contributed by atoms with E-state index < -0.39 is 0 Å². The van der Waals surface area contributed by atoms with E-state index in [4.69, 9.17) is 15.7 Å². The SMILES string of the molecule is NCc1ccc(-c2nc3ccnc(N4CCCCC4)c3cc2-c2ccccc2)cc1. The third-order valence-corrected chi connectivity index (χ3v) is 5.93. The summed E-state index contributed by atoms with van der Waals surface area (Å²) in [6, 6.07) is 23.2. The largest absolute Gasteiger partial charge is 0.356 e. The molecule has 1 aliphatic heterocycles. The number of nitrogens with two attached hydrogens (primary N) is 1. The third kappa shape index (κ3) is 3.55. The van der Waals surface area contributed by atoms with Gasteiger partial charge in [0.2, 0.25) is 0 Å². The van der Waals surface area contributed by atoms with Gasteiger partial charge < -0.3 is 10.6 Å². The Kier molecular flexibility index (Phi) is 5.16. The molecule has 1 fully saturated rings. The van der Waals surface area contributed by atoms with Crippen molar-refractivity contribution in [3.8, 4) is 22.4 Å². The first kappa shape index (κ1) is 18.8. The highest BCUT2D eigenvalue weighted by Crippen LogP contribution is 2.36. The Morgan fingerprint density at radius 2 is 1.60 bits per heavy atom. The molecule has 0 amide bonds. The van der Waals surface area contributed by atoms with Crippen LogP contribution in [0.3, 0.4) is 0 Å². The highest BCUT2D eigenvalue weighted by Gasteiger charge is 2.18. The number of pyridine rings is 2. The molecule has 0 unspecified atom stereocenters. The van der Waals surface area contributed by atoms with Crippen LogP contribution in [0, 0.1) is 0 Å². The molecular formula is C26H26N4.